The van der Waals surface area contributed by atoms with Gasteiger partial charge in [-0.05, 0) is 86.7 Å². The number of carbonyl (C=O) groups is 4. The molecule has 2 aromatic heterocycles. The van der Waals surface area contributed by atoms with Crippen molar-refractivity contribution in [1.82, 2.24) is 25.5 Å². The van der Waals surface area contributed by atoms with Crippen molar-refractivity contribution in [1.29, 1.82) is 0 Å². The lowest BCUT2D eigenvalue weighted by atomic mass is 9.76. The Hall–Kier alpha value is -6.81. The molecular weight excluding hydrogens is 1060 g/mol. The van der Waals surface area contributed by atoms with Gasteiger partial charge < -0.3 is 40.6 Å². The number of aliphatic hydroxyl groups is 1. The van der Waals surface area contributed by atoms with Crippen LogP contribution >= 0.6 is 0 Å². The largest absolute Gasteiger partial charge is 0.469 e. The number of esters is 1. The molecule has 2 bridgehead atoms. The fourth-order valence-electron chi connectivity index (χ4n) is 9.50. The van der Waals surface area contributed by atoms with Crippen molar-refractivity contribution < 1.29 is 78.0 Å². The number of nitrogens with zero attached hydrogens (tertiary/aromatic N) is 4. The maximum Gasteiger partial charge on any atom is 0.407 e. The van der Waals surface area contributed by atoms with Gasteiger partial charge in [-0.15, -0.1) is 0 Å². The molecule has 0 aliphatic carbocycles. The molecule has 0 spiro atoms. The first-order chi connectivity index (χ1) is 37.0. The molecule has 2 aromatic carbocycles. The van der Waals surface area contributed by atoms with Crippen LogP contribution in [0.3, 0.4) is 0 Å². The summed E-state index contributed by atoms with van der Waals surface area (Å²) in [6.07, 6.45) is -9.66. The summed E-state index contributed by atoms with van der Waals surface area (Å²) >= 11 is 0. The second-order valence-electron chi connectivity index (χ2n) is 20.8. The van der Waals surface area contributed by atoms with Crippen LogP contribution in [0.1, 0.15) is 69.2 Å². The fourth-order valence-corrected chi connectivity index (χ4v) is 9.50. The summed E-state index contributed by atoms with van der Waals surface area (Å²) < 4.78 is 138. The van der Waals surface area contributed by atoms with E-state index >= 15 is 8.78 Å². The van der Waals surface area contributed by atoms with Gasteiger partial charge in [-0.1, -0.05) is 37.8 Å². The summed E-state index contributed by atoms with van der Waals surface area (Å²) in [6.45, 7) is 5.94. The summed E-state index contributed by atoms with van der Waals surface area (Å²) in [5, 5.41) is 16.2. The van der Waals surface area contributed by atoms with E-state index in [1.165, 1.54) is 12.5 Å². The minimum absolute atomic E-state index is 0.00242. The number of fused-ring (bicyclic) bond motifs is 2. The van der Waals surface area contributed by atoms with Gasteiger partial charge in [-0.3, -0.25) is 24.3 Å². The number of pyridine rings is 2. The monoisotopic (exact) mass is 1120 g/mol. The van der Waals surface area contributed by atoms with E-state index in [-0.39, 0.29) is 29.8 Å². The van der Waals surface area contributed by atoms with Gasteiger partial charge in [-0.25, -0.2) is 22.9 Å². The molecule has 24 heteroatoms. The summed E-state index contributed by atoms with van der Waals surface area (Å²) in [4.78, 5) is 61.2. The van der Waals surface area contributed by atoms with Crippen LogP contribution in [0.4, 0.5) is 50.1 Å². The molecule has 5 N–H and O–H groups in total. The van der Waals surface area contributed by atoms with E-state index in [2.05, 4.69) is 46.4 Å². The molecule has 2 unspecified atom stereocenters. The Morgan fingerprint density at radius 2 is 1.41 bits per heavy atom. The van der Waals surface area contributed by atoms with Crippen LogP contribution in [-0.4, -0.2) is 133 Å². The average molecular weight is 1120 g/mol. The number of alkyl halides is 6. The number of piperidine rings is 1. The maximum atomic E-state index is 15.1. The molecular formula is C55H62F9N7O8. The highest BCUT2D eigenvalue weighted by molar-refractivity contribution is 5.88. The zero-order valence-electron chi connectivity index (χ0n) is 44.1. The number of methoxy groups -OCH3 is 2. The van der Waals surface area contributed by atoms with Crippen LogP contribution in [0.25, 0.3) is 11.3 Å². The van der Waals surface area contributed by atoms with Gasteiger partial charge in [0.15, 0.2) is 5.78 Å². The van der Waals surface area contributed by atoms with E-state index in [1.807, 2.05) is 17.4 Å². The number of carbonyl (C=O) groups excluding carboxylic acids is 4. The van der Waals surface area contributed by atoms with E-state index < -0.39 is 108 Å². The average Bonchev–Trinajstić information content (AvgIpc) is 3.41. The number of nitrogens with two attached hydrogens (primary N) is 1. The highest BCUT2D eigenvalue weighted by Gasteiger charge is 2.56. The Morgan fingerprint density at radius 1 is 0.797 bits per heavy atom. The third-order valence-corrected chi connectivity index (χ3v) is 14.8. The van der Waals surface area contributed by atoms with Crippen molar-refractivity contribution >= 4 is 29.6 Å². The number of primary amides is 1. The van der Waals surface area contributed by atoms with Gasteiger partial charge in [0.25, 0.3) is 0 Å². The number of piperazine rings is 1. The number of aliphatic hydroxyl groups excluding tert-OH is 1. The molecule has 8 rings (SSSR count). The first-order valence-electron chi connectivity index (χ1n) is 25.1. The number of hydrogen-bond acceptors (Lipinski definition) is 13. The minimum atomic E-state index is -4.92. The van der Waals surface area contributed by atoms with Crippen LogP contribution in [0.5, 0.6) is 0 Å². The van der Waals surface area contributed by atoms with Gasteiger partial charge in [0.2, 0.25) is 5.91 Å². The van der Waals surface area contributed by atoms with Crippen molar-refractivity contribution in [2.24, 2.45) is 28.4 Å². The number of hydrogen-bond donors (Lipinski definition) is 4. The van der Waals surface area contributed by atoms with Crippen LogP contribution < -0.4 is 21.3 Å². The number of Topliss-reactive ketones (excluding diaryl/α,β-unsaturated/α-hetero) is 1. The lowest BCUT2D eigenvalue weighted by molar-refractivity contribution is -0.229. The van der Waals surface area contributed by atoms with Crippen LogP contribution in [0.15, 0.2) is 73.1 Å². The number of nitrogens with one attached hydrogen (secondary N) is 2. The summed E-state index contributed by atoms with van der Waals surface area (Å²) in [7, 11) is 1.98. The van der Waals surface area contributed by atoms with Crippen molar-refractivity contribution in [2.45, 2.75) is 103 Å². The van der Waals surface area contributed by atoms with Crippen molar-refractivity contribution in [3.63, 3.8) is 0 Å². The number of alkyl carbamates (subject to hydrolysis) is 1. The highest BCUT2D eigenvalue weighted by atomic mass is 19.4. The number of ketones is 1. The molecule has 6 heterocycles. The zero-order valence-corrected chi connectivity index (χ0v) is 44.1. The molecule has 4 saturated heterocycles. The molecule has 0 saturated carbocycles. The lowest BCUT2D eigenvalue weighted by Crippen LogP contribution is -2.74. The van der Waals surface area contributed by atoms with Crippen molar-refractivity contribution in [3.05, 3.63) is 113 Å². The molecule has 4 aromatic rings. The van der Waals surface area contributed by atoms with E-state index in [4.69, 9.17) is 10.5 Å². The lowest BCUT2D eigenvalue weighted by Gasteiger charge is -2.60. The Kier molecular flexibility index (Phi) is 19.8. The second kappa shape index (κ2) is 25.5. The normalized spacial score (nSPS) is 18.2. The van der Waals surface area contributed by atoms with Gasteiger partial charge in [0, 0.05) is 73.1 Å². The Morgan fingerprint density at radius 3 is 1.91 bits per heavy atom. The second-order valence-corrected chi connectivity index (χ2v) is 20.8. The molecule has 2 amide bonds. The molecule has 15 nitrogen and oxygen atoms in total. The third kappa shape index (κ3) is 15.1. The standard InChI is InChI=1S/C46H48F6N6O5.C9H14F3NO3/c1-45(2,46(50,51)52)43(56-44(61)62-3)40(59)17-31(41(60)22-53-21-36-37(48)15-30(16-38(36)49)39-12-11-32(47)20-54-39)14-28-7-4-27(5-8-28)6-9-29-10-13-42(55-19-29)57-23-33-18-34(24-57)58(33)35-25-63-26-35;1-8(2,9(10,11)12)5(7(13)15)4-6(14)16-3/h4-5,7-8,10-13,15-16,19-20,31,33-35,41,43,53,60H,14,17-18,21-26H2,1-3H3,(H,56,61);5H,4H2,1-3H3,(H2,13,15)/t31-,33?,34?,41+,43-;5-/m11/s1. The molecule has 79 heavy (non-hydrogen) atoms. The number of halogens is 9. The van der Waals surface area contributed by atoms with Crippen LogP contribution in [-0.2, 0) is 41.6 Å². The Balaban J connectivity index is 0.000000546. The summed E-state index contributed by atoms with van der Waals surface area (Å²) in [6, 6.07) is 14.7. The van der Waals surface area contributed by atoms with E-state index in [0.29, 0.717) is 34.8 Å². The van der Waals surface area contributed by atoms with Gasteiger partial charge in [0.05, 0.1) is 74.6 Å². The predicted octanol–water partition coefficient (Wildman–Crippen LogP) is 7.44. The van der Waals surface area contributed by atoms with Gasteiger partial charge in [0.1, 0.15) is 29.3 Å². The number of rotatable bonds is 19. The van der Waals surface area contributed by atoms with E-state index in [9.17, 15) is 55.0 Å². The van der Waals surface area contributed by atoms with Crippen molar-refractivity contribution in [2.75, 3.05) is 52.0 Å². The SMILES string of the molecule is COC(=O)C[C@H](C(N)=O)C(C)(C)C(F)(F)F.COC(=O)N[C@H](C(=O)C[C@@H](Cc1ccc(C#Cc2ccc(N3CC4CC(C3)N4C3COC3)nc2)cc1)[C@@H](O)CNCc1c(F)cc(-c2ccc(F)cn2)cc1F)C(C)(C)C(F)(F)F. The van der Waals surface area contributed by atoms with E-state index in [0.717, 1.165) is 98.4 Å². The van der Waals surface area contributed by atoms with Gasteiger partial charge >= 0.3 is 24.4 Å². The fraction of sp³-hybridized carbons (Fsp3) is 0.491. The summed E-state index contributed by atoms with van der Waals surface area (Å²) in [5.41, 5.74) is 1.59. The number of benzene rings is 2. The minimum Gasteiger partial charge on any atom is -0.469 e. The predicted molar refractivity (Wildman–Crippen MR) is 270 cm³/mol. The highest BCUT2D eigenvalue weighted by Crippen LogP contribution is 2.45. The number of anilines is 1. The van der Waals surface area contributed by atoms with Crippen LogP contribution in [0, 0.1) is 52.0 Å². The maximum absolute atomic E-state index is 15.1. The number of ether oxygens (including phenoxy) is 3. The Bertz CT molecular complexity index is 2800. The third-order valence-electron chi connectivity index (χ3n) is 14.8. The quantitative estimate of drug-likeness (QED) is 0.0411. The molecule has 4 fully saturated rings. The van der Waals surface area contributed by atoms with Gasteiger partial charge in [-0.2, -0.15) is 26.3 Å². The number of aromatic nitrogens is 2. The summed E-state index contributed by atoms with van der Waals surface area (Å²) in [5.74, 6) is -1.13. The van der Waals surface area contributed by atoms with Crippen molar-refractivity contribution in [3.8, 4) is 23.1 Å². The molecule has 0 radical (unpaired) electrons. The molecule has 6 atom stereocenters. The zero-order chi connectivity index (χ0) is 58.2. The molecule has 4 aliphatic rings. The van der Waals surface area contributed by atoms with Crippen LogP contribution in [0.2, 0.25) is 0 Å². The van der Waals surface area contributed by atoms with E-state index in [1.54, 1.807) is 30.5 Å². The molecule has 428 valence electrons. The molecule has 4 aliphatic heterocycles. The smallest absolute Gasteiger partial charge is 0.407 e. The topological polar surface area (TPSA) is 199 Å². The Labute approximate surface area is 450 Å². The first kappa shape index (κ1) is 61.4. The first-order valence-corrected chi connectivity index (χ1v) is 25.1. The number of amides is 2.